The first-order valence-electron chi connectivity index (χ1n) is 7.38. The van der Waals surface area contributed by atoms with Crippen LogP contribution in [0.2, 0.25) is 5.02 Å². The van der Waals surface area contributed by atoms with Crippen LogP contribution < -0.4 is 10.8 Å². The van der Waals surface area contributed by atoms with Crippen molar-refractivity contribution in [2.45, 2.75) is 19.3 Å². The van der Waals surface area contributed by atoms with Crippen molar-refractivity contribution in [1.29, 1.82) is 0 Å². The maximum atomic E-state index is 10.4. The molecular weight excluding hydrogens is 330 g/mol. The van der Waals surface area contributed by atoms with E-state index in [9.17, 15) is 14.7 Å². The van der Waals surface area contributed by atoms with E-state index < -0.39 is 11.9 Å². The fourth-order valence-electron chi connectivity index (χ4n) is 2.02. The molecule has 0 radical (unpaired) electrons. The Morgan fingerprint density at radius 3 is 2.08 bits per heavy atom. The second kappa shape index (κ2) is 9.70. The molecular formula is C18H20ClNO4. The van der Waals surface area contributed by atoms with Gasteiger partial charge in [0.05, 0.1) is 12.1 Å². The molecule has 0 spiro atoms. The number of halogens is 1. The summed E-state index contributed by atoms with van der Waals surface area (Å²) in [6.07, 6.45) is 0.00509. The second-order valence-corrected chi connectivity index (χ2v) is 5.72. The molecule has 0 unspecified atom stereocenters. The van der Waals surface area contributed by atoms with Gasteiger partial charge in [-0.25, -0.2) is 4.79 Å². The third-order valence-electron chi connectivity index (χ3n) is 3.40. The van der Waals surface area contributed by atoms with E-state index >= 15 is 0 Å². The Hall–Kier alpha value is -2.37. The van der Waals surface area contributed by atoms with Gasteiger partial charge in [0.25, 0.3) is 0 Å². The van der Waals surface area contributed by atoms with Crippen molar-refractivity contribution >= 4 is 23.5 Å². The van der Waals surface area contributed by atoms with Gasteiger partial charge in [0.2, 0.25) is 0 Å². The summed E-state index contributed by atoms with van der Waals surface area (Å²) in [5, 5.41) is 19.6. The molecule has 0 heterocycles. The molecule has 2 aromatic carbocycles. The van der Waals surface area contributed by atoms with Crippen LogP contribution in [0, 0.1) is 6.92 Å². The first kappa shape index (κ1) is 19.7. The number of carbonyl (C=O) groups excluding carboxylic acids is 1. The molecule has 0 aliphatic rings. The van der Waals surface area contributed by atoms with E-state index in [-0.39, 0.29) is 12.3 Å². The van der Waals surface area contributed by atoms with Crippen LogP contribution in [0.4, 0.5) is 0 Å². The van der Waals surface area contributed by atoms with Crippen molar-refractivity contribution in [3.05, 3.63) is 70.2 Å². The first-order valence-corrected chi connectivity index (χ1v) is 7.75. The Morgan fingerprint density at radius 2 is 1.67 bits per heavy atom. The van der Waals surface area contributed by atoms with Gasteiger partial charge in [0, 0.05) is 16.9 Å². The summed E-state index contributed by atoms with van der Waals surface area (Å²) < 4.78 is 0. The number of hydrogen-bond donors (Lipinski definition) is 2. The van der Waals surface area contributed by atoms with Crippen LogP contribution in [0.3, 0.4) is 0 Å². The maximum Gasteiger partial charge on any atom is 0.335 e. The number of hydrogen-bond acceptors (Lipinski definition) is 3. The molecule has 0 bridgehead atoms. The number of rotatable bonds is 5. The number of carboxylic acid groups (broad SMARTS) is 2. The van der Waals surface area contributed by atoms with Gasteiger partial charge in [-0.3, -0.25) is 0 Å². The summed E-state index contributed by atoms with van der Waals surface area (Å²) >= 11 is 5.72. The van der Waals surface area contributed by atoms with Crippen LogP contribution in [-0.4, -0.2) is 23.6 Å². The summed E-state index contributed by atoms with van der Waals surface area (Å²) in [6.45, 7) is 2.46. The van der Waals surface area contributed by atoms with Crippen molar-refractivity contribution in [1.82, 2.24) is 0 Å². The van der Waals surface area contributed by atoms with Crippen molar-refractivity contribution in [2.24, 2.45) is 0 Å². The highest BCUT2D eigenvalue weighted by molar-refractivity contribution is 6.30. The molecule has 0 fully saturated rings. The van der Waals surface area contributed by atoms with E-state index in [1.807, 2.05) is 19.1 Å². The molecule has 0 saturated heterocycles. The summed E-state index contributed by atoms with van der Waals surface area (Å²) in [7, 11) is 0. The van der Waals surface area contributed by atoms with E-state index in [0.717, 1.165) is 11.1 Å². The molecule has 2 aromatic rings. The lowest BCUT2D eigenvalue weighted by Gasteiger charge is -2.13. The SMILES string of the molecule is Cc1ccc(C(=O)O)cc1.[NH3+]C[C@H](CC(=O)[O-])c1ccc(Cl)cc1. The van der Waals surface area contributed by atoms with Gasteiger partial charge < -0.3 is 20.7 Å². The van der Waals surface area contributed by atoms with Crippen LogP contribution in [0.5, 0.6) is 0 Å². The zero-order chi connectivity index (χ0) is 18.1. The summed E-state index contributed by atoms with van der Waals surface area (Å²) in [5.41, 5.74) is 6.06. The summed E-state index contributed by atoms with van der Waals surface area (Å²) in [6, 6.07) is 13.9. The Labute approximate surface area is 145 Å². The van der Waals surface area contributed by atoms with Crippen LogP contribution >= 0.6 is 11.6 Å². The van der Waals surface area contributed by atoms with E-state index in [0.29, 0.717) is 17.1 Å². The van der Waals surface area contributed by atoms with E-state index in [2.05, 4.69) is 5.73 Å². The minimum atomic E-state index is -1.05. The maximum absolute atomic E-state index is 10.4. The van der Waals surface area contributed by atoms with Gasteiger partial charge >= 0.3 is 5.97 Å². The molecule has 6 heteroatoms. The summed E-state index contributed by atoms with van der Waals surface area (Å²) in [4.78, 5) is 20.8. The molecule has 0 saturated carbocycles. The second-order valence-electron chi connectivity index (χ2n) is 5.28. The van der Waals surface area contributed by atoms with Gasteiger partial charge in [-0.05, 0) is 43.2 Å². The minimum Gasteiger partial charge on any atom is -0.550 e. The molecule has 0 aliphatic carbocycles. The predicted molar refractivity (Wildman–Crippen MR) is 89.7 cm³/mol. The van der Waals surface area contributed by atoms with Crippen LogP contribution in [0.15, 0.2) is 48.5 Å². The highest BCUT2D eigenvalue weighted by Gasteiger charge is 2.11. The fourth-order valence-corrected chi connectivity index (χ4v) is 2.14. The topological polar surface area (TPSA) is 105 Å². The number of benzene rings is 2. The third kappa shape index (κ3) is 6.81. The molecule has 5 nitrogen and oxygen atoms in total. The number of aromatic carboxylic acids is 1. The summed E-state index contributed by atoms with van der Waals surface area (Å²) in [5.74, 6) is -2.01. The number of carboxylic acids is 2. The van der Waals surface area contributed by atoms with Gasteiger partial charge in [-0.2, -0.15) is 0 Å². The Balaban J connectivity index is 0.000000254. The van der Waals surface area contributed by atoms with Gasteiger partial charge in [-0.1, -0.05) is 41.4 Å². The average Bonchev–Trinajstić information content (AvgIpc) is 2.54. The zero-order valence-corrected chi connectivity index (χ0v) is 14.1. The van der Waals surface area contributed by atoms with Gasteiger partial charge in [0.1, 0.15) is 0 Å². The van der Waals surface area contributed by atoms with Crippen molar-refractivity contribution < 1.29 is 25.5 Å². The fraction of sp³-hybridized carbons (Fsp3) is 0.222. The predicted octanol–water partition coefficient (Wildman–Crippen LogP) is 1.50. The van der Waals surface area contributed by atoms with E-state index in [1.54, 1.807) is 36.4 Å². The first-order chi connectivity index (χ1) is 11.3. The van der Waals surface area contributed by atoms with E-state index in [4.69, 9.17) is 16.7 Å². The minimum absolute atomic E-state index is 0.00509. The highest BCUT2D eigenvalue weighted by Crippen LogP contribution is 2.19. The Kier molecular flexibility index (Phi) is 7.95. The molecule has 2 rings (SSSR count). The number of quaternary nitrogens is 1. The van der Waals surface area contributed by atoms with E-state index in [1.165, 1.54) is 0 Å². The van der Waals surface area contributed by atoms with Gasteiger partial charge in [0.15, 0.2) is 0 Å². The monoisotopic (exact) mass is 349 g/mol. The quantitative estimate of drug-likeness (QED) is 0.853. The molecule has 0 aliphatic heterocycles. The standard InChI is InChI=1S/C10H12ClNO2.C8H8O2/c11-9-3-1-7(2-4-9)8(6-12)5-10(13)14;1-6-2-4-7(5-3-6)8(9)10/h1-4,8H,5-6,12H2,(H,13,14);2-5H,1H3,(H,9,10)/t8-;/m0./s1. The Bertz CT molecular complexity index is 668. The Morgan fingerprint density at radius 1 is 1.12 bits per heavy atom. The average molecular weight is 350 g/mol. The molecule has 1 atom stereocenters. The normalized spacial score (nSPS) is 11.1. The lowest BCUT2D eigenvalue weighted by atomic mass is 9.96. The molecule has 4 N–H and O–H groups in total. The van der Waals surface area contributed by atoms with Crippen LogP contribution in [0.1, 0.15) is 33.8 Å². The third-order valence-corrected chi connectivity index (χ3v) is 3.65. The smallest absolute Gasteiger partial charge is 0.335 e. The van der Waals surface area contributed by atoms with Crippen LogP contribution in [0.25, 0.3) is 0 Å². The molecule has 24 heavy (non-hydrogen) atoms. The largest absolute Gasteiger partial charge is 0.550 e. The number of aliphatic carboxylic acids is 1. The molecule has 128 valence electrons. The zero-order valence-electron chi connectivity index (χ0n) is 13.4. The lowest BCUT2D eigenvalue weighted by Crippen LogP contribution is -2.53. The lowest BCUT2D eigenvalue weighted by molar-refractivity contribution is -0.374. The number of aryl methyl sites for hydroxylation is 1. The van der Waals surface area contributed by atoms with Crippen LogP contribution in [-0.2, 0) is 4.79 Å². The van der Waals surface area contributed by atoms with Crippen molar-refractivity contribution in [3.63, 3.8) is 0 Å². The highest BCUT2D eigenvalue weighted by atomic mass is 35.5. The number of carbonyl (C=O) groups is 2. The van der Waals surface area contributed by atoms with Crippen molar-refractivity contribution in [2.75, 3.05) is 6.54 Å². The van der Waals surface area contributed by atoms with Crippen molar-refractivity contribution in [3.8, 4) is 0 Å². The molecule has 0 amide bonds. The molecule has 0 aromatic heterocycles. The van der Waals surface area contributed by atoms with Gasteiger partial charge in [-0.15, -0.1) is 0 Å².